The minimum atomic E-state index is -3.68. The number of amides is 1. The second-order valence-corrected chi connectivity index (χ2v) is 8.53. The van der Waals surface area contributed by atoms with Crippen molar-refractivity contribution in [2.75, 3.05) is 19.7 Å². The molecule has 0 radical (unpaired) electrons. The van der Waals surface area contributed by atoms with Crippen molar-refractivity contribution in [3.05, 3.63) is 51.7 Å². The first kappa shape index (κ1) is 21.1. The fourth-order valence-electron chi connectivity index (χ4n) is 2.30. The van der Waals surface area contributed by atoms with Crippen LogP contribution in [0.15, 0.2) is 40.6 Å². The number of hydrogen-bond donors (Lipinski definition) is 2. The Bertz CT molecular complexity index is 892. The van der Waals surface area contributed by atoms with Gasteiger partial charge in [-0.1, -0.05) is 19.1 Å². The molecule has 2 rings (SSSR count). The third-order valence-corrected chi connectivity index (χ3v) is 6.16. The summed E-state index contributed by atoms with van der Waals surface area (Å²) < 4.78 is 31.5. The summed E-state index contributed by atoms with van der Waals surface area (Å²) in [6.45, 7) is 3.60. The highest BCUT2D eigenvalue weighted by Gasteiger charge is 2.18. The van der Waals surface area contributed by atoms with E-state index < -0.39 is 28.5 Å². The Morgan fingerprint density at radius 3 is 2.67 bits per heavy atom. The predicted octanol–water partition coefficient (Wildman–Crippen LogP) is 1.87. The van der Waals surface area contributed by atoms with Crippen LogP contribution in [0.25, 0.3) is 0 Å². The van der Waals surface area contributed by atoms with Crippen molar-refractivity contribution in [1.29, 1.82) is 0 Å². The third kappa shape index (κ3) is 6.16. The fraction of sp³-hybridized carbons (Fsp3) is 0.333. The van der Waals surface area contributed by atoms with Gasteiger partial charge in [0, 0.05) is 18.0 Å². The molecule has 0 spiro atoms. The van der Waals surface area contributed by atoms with E-state index in [0.717, 1.165) is 4.88 Å². The lowest BCUT2D eigenvalue weighted by atomic mass is 10.1. The van der Waals surface area contributed by atoms with Gasteiger partial charge in [0.25, 0.3) is 5.91 Å². The first-order valence-electron chi connectivity index (χ1n) is 8.40. The van der Waals surface area contributed by atoms with Crippen LogP contribution in [0.5, 0.6) is 0 Å². The number of thiophene rings is 1. The van der Waals surface area contributed by atoms with Crippen molar-refractivity contribution < 1.29 is 22.7 Å². The van der Waals surface area contributed by atoms with Gasteiger partial charge in [0.2, 0.25) is 10.0 Å². The SMILES string of the molecule is CCNS(=O)(=O)c1ccc(C)c(C(=O)OCC(=O)NCCc2cccs2)c1. The van der Waals surface area contributed by atoms with Crippen molar-refractivity contribution in [3.63, 3.8) is 0 Å². The average Bonchev–Trinajstić information content (AvgIpc) is 3.13. The Balaban J connectivity index is 1.92. The van der Waals surface area contributed by atoms with Crippen LogP contribution in [0.4, 0.5) is 0 Å². The predicted molar refractivity (Wildman–Crippen MR) is 103 cm³/mol. The Hall–Kier alpha value is -2.23. The molecule has 0 aliphatic carbocycles. The van der Waals surface area contributed by atoms with Gasteiger partial charge < -0.3 is 10.1 Å². The number of benzene rings is 1. The molecule has 7 nitrogen and oxygen atoms in total. The van der Waals surface area contributed by atoms with Crippen molar-refractivity contribution >= 4 is 33.2 Å². The van der Waals surface area contributed by atoms with E-state index in [0.29, 0.717) is 18.5 Å². The Morgan fingerprint density at radius 1 is 1.22 bits per heavy atom. The molecule has 1 aromatic carbocycles. The molecule has 27 heavy (non-hydrogen) atoms. The van der Waals surface area contributed by atoms with Crippen molar-refractivity contribution in [1.82, 2.24) is 10.0 Å². The quantitative estimate of drug-likeness (QED) is 0.615. The van der Waals surface area contributed by atoms with Crippen LogP contribution < -0.4 is 10.0 Å². The van der Waals surface area contributed by atoms with Crippen LogP contribution in [0.3, 0.4) is 0 Å². The lowest BCUT2D eigenvalue weighted by Crippen LogP contribution is -2.30. The first-order valence-corrected chi connectivity index (χ1v) is 10.8. The molecule has 0 saturated heterocycles. The van der Waals surface area contributed by atoms with Crippen molar-refractivity contribution in [3.8, 4) is 0 Å². The molecule has 0 atom stereocenters. The number of rotatable bonds is 9. The lowest BCUT2D eigenvalue weighted by Gasteiger charge is -2.10. The van der Waals surface area contributed by atoms with Crippen LogP contribution in [-0.2, 0) is 26.0 Å². The number of hydrogen-bond acceptors (Lipinski definition) is 6. The highest BCUT2D eigenvalue weighted by atomic mass is 32.2. The highest BCUT2D eigenvalue weighted by Crippen LogP contribution is 2.16. The van der Waals surface area contributed by atoms with Gasteiger partial charge in [-0.15, -0.1) is 11.3 Å². The minimum Gasteiger partial charge on any atom is -0.452 e. The van der Waals surface area contributed by atoms with E-state index in [-0.39, 0.29) is 17.0 Å². The average molecular weight is 411 g/mol. The highest BCUT2D eigenvalue weighted by molar-refractivity contribution is 7.89. The van der Waals surface area contributed by atoms with Gasteiger partial charge in [0.1, 0.15) is 0 Å². The largest absolute Gasteiger partial charge is 0.452 e. The maximum atomic E-state index is 12.3. The summed E-state index contributed by atoms with van der Waals surface area (Å²) in [5, 5.41) is 4.64. The second kappa shape index (κ2) is 9.63. The minimum absolute atomic E-state index is 0.0256. The van der Waals surface area contributed by atoms with Crippen LogP contribution in [-0.4, -0.2) is 40.0 Å². The molecule has 1 amide bonds. The molecule has 0 aliphatic rings. The molecule has 1 heterocycles. The van der Waals surface area contributed by atoms with E-state index in [9.17, 15) is 18.0 Å². The van der Waals surface area contributed by atoms with Gasteiger partial charge in [0.05, 0.1) is 10.5 Å². The number of carbonyl (C=O) groups is 2. The zero-order valence-corrected chi connectivity index (χ0v) is 16.8. The maximum absolute atomic E-state index is 12.3. The number of esters is 1. The Labute approximate surface area is 162 Å². The Kier molecular flexibility index (Phi) is 7.52. The summed E-state index contributed by atoms with van der Waals surface area (Å²) in [6, 6.07) is 8.12. The lowest BCUT2D eigenvalue weighted by molar-refractivity contribution is -0.124. The zero-order valence-electron chi connectivity index (χ0n) is 15.2. The fourth-order valence-corrected chi connectivity index (χ4v) is 4.08. The van der Waals surface area contributed by atoms with Crippen molar-refractivity contribution in [2.24, 2.45) is 0 Å². The normalized spacial score (nSPS) is 11.2. The molecule has 0 fully saturated rings. The standard InChI is InChI=1S/C18H22N2O5S2/c1-3-20-27(23,24)15-7-6-13(2)16(11-15)18(22)25-12-17(21)19-9-8-14-5-4-10-26-14/h4-7,10-11,20H,3,8-9,12H2,1-2H3,(H,19,21). The molecule has 146 valence electrons. The van der Waals surface area contributed by atoms with E-state index in [2.05, 4.69) is 10.0 Å². The monoisotopic (exact) mass is 410 g/mol. The summed E-state index contributed by atoms with van der Waals surface area (Å²) in [4.78, 5) is 25.2. The molecule has 2 aromatic rings. The summed E-state index contributed by atoms with van der Waals surface area (Å²) in [5.74, 6) is -1.15. The van der Waals surface area contributed by atoms with Gasteiger partial charge in [-0.05, 0) is 42.5 Å². The van der Waals surface area contributed by atoms with Crippen LogP contribution in [0.2, 0.25) is 0 Å². The van der Waals surface area contributed by atoms with Crippen LogP contribution in [0.1, 0.15) is 27.7 Å². The van der Waals surface area contributed by atoms with Crippen LogP contribution in [0, 0.1) is 6.92 Å². The number of nitrogens with one attached hydrogen (secondary N) is 2. The molecule has 0 aliphatic heterocycles. The molecule has 2 N–H and O–H groups in total. The molecular formula is C18H22N2O5S2. The van der Waals surface area contributed by atoms with Gasteiger partial charge in [-0.2, -0.15) is 0 Å². The number of aryl methyl sites for hydroxylation is 1. The first-order chi connectivity index (χ1) is 12.8. The van der Waals surface area contributed by atoms with E-state index in [1.807, 2.05) is 17.5 Å². The third-order valence-electron chi connectivity index (χ3n) is 3.68. The van der Waals surface area contributed by atoms with E-state index in [1.54, 1.807) is 25.2 Å². The van der Waals surface area contributed by atoms with Gasteiger partial charge in [-0.25, -0.2) is 17.9 Å². The molecule has 0 bridgehead atoms. The summed E-state index contributed by atoms with van der Waals surface area (Å²) >= 11 is 1.61. The molecule has 0 unspecified atom stereocenters. The van der Waals surface area contributed by atoms with E-state index in [1.165, 1.54) is 18.2 Å². The topological polar surface area (TPSA) is 102 Å². The second-order valence-electron chi connectivity index (χ2n) is 5.73. The molecular weight excluding hydrogens is 388 g/mol. The summed E-state index contributed by atoms with van der Waals surface area (Å²) in [6.07, 6.45) is 0.709. The summed E-state index contributed by atoms with van der Waals surface area (Å²) in [5.41, 5.74) is 0.675. The molecule has 1 aromatic heterocycles. The number of sulfonamides is 1. The number of ether oxygens (including phenoxy) is 1. The number of carbonyl (C=O) groups excluding carboxylic acids is 2. The zero-order chi connectivity index (χ0) is 19.9. The Morgan fingerprint density at radius 2 is 2.00 bits per heavy atom. The summed E-state index contributed by atoms with van der Waals surface area (Å²) in [7, 11) is -3.68. The van der Waals surface area contributed by atoms with E-state index in [4.69, 9.17) is 4.74 Å². The van der Waals surface area contributed by atoms with Gasteiger partial charge in [0.15, 0.2) is 6.61 Å². The van der Waals surface area contributed by atoms with Gasteiger partial charge >= 0.3 is 5.97 Å². The van der Waals surface area contributed by atoms with E-state index >= 15 is 0 Å². The molecule has 9 heteroatoms. The maximum Gasteiger partial charge on any atom is 0.338 e. The van der Waals surface area contributed by atoms with Gasteiger partial charge in [-0.3, -0.25) is 4.79 Å². The smallest absolute Gasteiger partial charge is 0.338 e. The molecule has 0 saturated carbocycles. The van der Waals surface area contributed by atoms with Crippen molar-refractivity contribution in [2.45, 2.75) is 25.2 Å². The van der Waals surface area contributed by atoms with Crippen LogP contribution >= 0.6 is 11.3 Å².